The first-order valence-corrected chi connectivity index (χ1v) is 6.29. The standard InChI is InChI=1S/C14H17NO4/c1-9-12(14(18)19)5-6-15(9)13(17)8-10-3-2-4-11(16)7-10/h2-4,7,9,12,16H,5-6,8H2,1H3,(H,18,19). The highest BCUT2D eigenvalue weighted by molar-refractivity contribution is 5.81. The van der Waals surface area contributed by atoms with Crippen LogP contribution in [0.2, 0.25) is 0 Å². The molecule has 1 aromatic rings. The SMILES string of the molecule is CC1C(C(=O)O)CCN1C(=O)Cc1cccc(O)c1. The van der Waals surface area contributed by atoms with E-state index in [9.17, 15) is 14.7 Å². The number of amides is 1. The zero-order valence-corrected chi connectivity index (χ0v) is 10.7. The van der Waals surface area contributed by atoms with E-state index in [-0.39, 0.29) is 24.1 Å². The molecule has 2 atom stereocenters. The fourth-order valence-electron chi connectivity index (χ4n) is 2.56. The molecule has 1 aliphatic heterocycles. The summed E-state index contributed by atoms with van der Waals surface area (Å²) < 4.78 is 0. The number of benzene rings is 1. The lowest BCUT2D eigenvalue weighted by atomic mass is 10.0. The maximum atomic E-state index is 12.2. The van der Waals surface area contributed by atoms with Crippen molar-refractivity contribution in [3.63, 3.8) is 0 Å². The van der Waals surface area contributed by atoms with Crippen molar-refractivity contribution in [2.45, 2.75) is 25.8 Å². The second-order valence-corrected chi connectivity index (χ2v) is 4.91. The fraction of sp³-hybridized carbons (Fsp3) is 0.429. The lowest BCUT2D eigenvalue weighted by Crippen LogP contribution is -2.38. The molecular formula is C14H17NO4. The predicted octanol–water partition coefficient (Wildman–Crippen LogP) is 1.26. The van der Waals surface area contributed by atoms with Gasteiger partial charge in [-0.05, 0) is 31.0 Å². The molecular weight excluding hydrogens is 246 g/mol. The Morgan fingerprint density at radius 1 is 1.42 bits per heavy atom. The van der Waals surface area contributed by atoms with Crippen molar-refractivity contribution in [1.82, 2.24) is 4.90 Å². The number of carbonyl (C=O) groups excluding carboxylic acids is 1. The van der Waals surface area contributed by atoms with Crippen LogP contribution in [0.4, 0.5) is 0 Å². The van der Waals surface area contributed by atoms with Crippen LogP contribution < -0.4 is 0 Å². The first-order chi connectivity index (χ1) is 8.99. The number of carboxylic acids is 1. The zero-order valence-electron chi connectivity index (χ0n) is 10.7. The molecule has 2 rings (SSSR count). The van der Waals surface area contributed by atoms with Crippen molar-refractivity contribution >= 4 is 11.9 Å². The van der Waals surface area contributed by atoms with Crippen molar-refractivity contribution in [3.05, 3.63) is 29.8 Å². The molecule has 1 heterocycles. The van der Waals surface area contributed by atoms with Gasteiger partial charge in [0.05, 0.1) is 12.3 Å². The summed E-state index contributed by atoms with van der Waals surface area (Å²) in [4.78, 5) is 24.8. The summed E-state index contributed by atoms with van der Waals surface area (Å²) in [7, 11) is 0. The van der Waals surface area contributed by atoms with Gasteiger partial charge in [-0.15, -0.1) is 0 Å². The van der Waals surface area contributed by atoms with E-state index in [0.29, 0.717) is 13.0 Å². The number of hydrogen-bond acceptors (Lipinski definition) is 3. The van der Waals surface area contributed by atoms with Gasteiger partial charge in [-0.1, -0.05) is 12.1 Å². The topological polar surface area (TPSA) is 77.8 Å². The van der Waals surface area contributed by atoms with E-state index in [0.717, 1.165) is 5.56 Å². The summed E-state index contributed by atoms with van der Waals surface area (Å²) in [6, 6.07) is 6.28. The monoisotopic (exact) mass is 263 g/mol. The van der Waals surface area contributed by atoms with Gasteiger partial charge in [0.25, 0.3) is 0 Å². The maximum Gasteiger partial charge on any atom is 0.308 e. The average Bonchev–Trinajstić information content (AvgIpc) is 2.71. The molecule has 0 aromatic heterocycles. The Kier molecular flexibility index (Phi) is 3.74. The van der Waals surface area contributed by atoms with Crippen molar-refractivity contribution < 1.29 is 19.8 Å². The molecule has 0 spiro atoms. The first-order valence-electron chi connectivity index (χ1n) is 6.29. The molecule has 1 saturated heterocycles. The van der Waals surface area contributed by atoms with E-state index >= 15 is 0 Å². The molecule has 2 unspecified atom stereocenters. The Morgan fingerprint density at radius 3 is 2.74 bits per heavy atom. The Balaban J connectivity index is 2.03. The Bertz CT molecular complexity index is 500. The van der Waals surface area contributed by atoms with Crippen molar-refractivity contribution in [2.75, 3.05) is 6.54 Å². The second-order valence-electron chi connectivity index (χ2n) is 4.91. The number of carbonyl (C=O) groups is 2. The summed E-state index contributed by atoms with van der Waals surface area (Å²) in [6.07, 6.45) is 0.688. The summed E-state index contributed by atoms with van der Waals surface area (Å²) in [6.45, 7) is 2.25. The third kappa shape index (κ3) is 2.86. The number of phenolic OH excluding ortho intramolecular Hbond substituents is 1. The van der Waals surface area contributed by atoms with Crippen LogP contribution in [0.15, 0.2) is 24.3 Å². The number of aliphatic carboxylic acids is 1. The summed E-state index contributed by atoms with van der Waals surface area (Å²) >= 11 is 0. The van der Waals surface area contributed by atoms with Gasteiger partial charge in [-0.25, -0.2) is 0 Å². The number of hydrogen-bond donors (Lipinski definition) is 2. The highest BCUT2D eigenvalue weighted by Gasteiger charge is 2.37. The van der Waals surface area contributed by atoms with E-state index < -0.39 is 11.9 Å². The third-order valence-electron chi connectivity index (χ3n) is 3.66. The molecule has 2 N–H and O–H groups in total. The molecule has 5 nitrogen and oxygen atoms in total. The van der Waals surface area contributed by atoms with Crippen LogP contribution in [0.5, 0.6) is 5.75 Å². The molecule has 0 saturated carbocycles. The van der Waals surface area contributed by atoms with Gasteiger partial charge in [0.15, 0.2) is 0 Å². The van der Waals surface area contributed by atoms with Gasteiger partial charge in [0, 0.05) is 12.6 Å². The zero-order chi connectivity index (χ0) is 14.0. The van der Waals surface area contributed by atoms with Crippen LogP contribution in [0, 0.1) is 5.92 Å². The summed E-state index contributed by atoms with van der Waals surface area (Å²) in [5.74, 6) is -1.29. The molecule has 0 bridgehead atoms. The number of likely N-dealkylation sites (tertiary alicyclic amines) is 1. The predicted molar refractivity (Wildman–Crippen MR) is 68.7 cm³/mol. The molecule has 0 aliphatic carbocycles. The molecule has 19 heavy (non-hydrogen) atoms. The molecule has 1 aromatic carbocycles. The third-order valence-corrected chi connectivity index (χ3v) is 3.66. The van der Waals surface area contributed by atoms with Gasteiger partial charge in [0.1, 0.15) is 5.75 Å². The van der Waals surface area contributed by atoms with E-state index in [1.807, 2.05) is 0 Å². The van der Waals surface area contributed by atoms with E-state index in [2.05, 4.69) is 0 Å². The van der Waals surface area contributed by atoms with E-state index in [1.54, 1.807) is 36.1 Å². The highest BCUT2D eigenvalue weighted by Crippen LogP contribution is 2.25. The van der Waals surface area contributed by atoms with Crippen LogP contribution in [0.1, 0.15) is 18.9 Å². The minimum atomic E-state index is -0.847. The lowest BCUT2D eigenvalue weighted by molar-refractivity contribution is -0.143. The Labute approximate surface area is 111 Å². The van der Waals surface area contributed by atoms with Gasteiger partial charge in [-0.3, -0.25) is 9.59 Å². The number of nitrogens with zero attached hydrogens (tertiary/aromatic N) is 1. The Hall–Kier alpha value is -2.04. The molecule has 1 amide bonds. The fourth-order valence-corrected chi connectivity index (χ4v) is 2.56. The maximum absolute atomic E-state index is 12.2. The van der Waals surface area contributed by atoms with Crippen molar-refractivity contribution in [2.24, 2.45) is 5.92 Å². The van der Waals surface area contributed by atoms with E-state index in [1.165, 1.54) is 0 Å². The number of rotatable bonds is 3. The van der Waals surface area contributed by atoms with Crippen LogP contribution in [-0.2, 0) is 16.0 Å². The smallest absolute Gasteiger partial charge is 0.308 e. The number of carboxylic acid groups (broad SMARTS) is 1. The van der Waals surface area contributed by atoms with Gasteiger partial charge >= 0.3 is 5.97 Å². The van der Waals surface area contributed by atoms with Gasteiger partial charge in [-0.2, -0.15) is 0 Å². The van der Waals surface area contributed by atoms with Crippen molar-refractivity contribution in [1.29, 1.82) is 0 Å². The van der Waals surface area contributed by atoms with Crippen LogP contribution >= 0.6 is 0 Å². The lowest BCUT2D eigenvalue weighted by Gasteiger charge is -2.23. The molecule has 1 fully saturated rings. The largest absolute Gasteiger partial charge is 0.508 e. The Morgan fingerprint density at radius 2 is 2.16 bits per heavy atom. The molecule has 5 heteroatoms. The first kappa shape index (κ1) is 13.4. The highest BCUT2D eigenvalue weighted by atomic mass is 16.4. The van der Waals surface area contributed by atoms with Crippen LogP contribution in [-0.4, -0.2) is 39.6 Å². The van der Waals surface area contributed by atoms with Gasteiger partial charge in [0.2, 0.25) is 5.91 Å². The second kappa shape index (κ2) is 5.30. The summed E-state index contributed by atoms with van der Waals surface area (Å²) in [5, 5.41) is 18.4. The van der Waals surface area contributed by atoms with Crippen molar-refractivity contribution in [3.8, 4) is 5.75 Å². The van der Waals surface area contributed by atoms with E-state index in [4.69, 9.17) is 5.11 Å². The molecule has 1 aliphatic rings. The van der Waals surface area contributed by atoms with Gasteiger partial charge < -0.3 is 15.1 Å². The molecule has 0 radical (unpaired) electrons. The number of phenols is 1. The minimum Gasteiger partial charge on any atom is -0.508 e. The number of aromatic hydroxyl groups is 1. The quantitative estimate of drug-likeness (QED) is 0.860. The minimum absolute atomic E-state index is 0.0955. The molecule has 102 valence electrons. The normalized spacial score (nSPS) is 22.5. The van der Waals surface area contributed by atoms with Crippen LogP contribution in [0.25, 0.3) is 0 Å². The van der Waals surface area contributed by atoms with Crippen LogP contribution in [0.3, 0.4) is 0 Å². The average molecular weight is 263 g/mol. The summed E-state index contributed by atoms with van der Waals surface area (Å²) in [5.41, 5.74) is 0.732.